The lowest BCUT2D eigenvalue weighted by Gasteiger charge is -2.27. The molecule has 0 radical (unpaired) electrons. The van der Waals surface area contributed by atoms with Crippen molar-refractivity contribution in [3.63, 3.8) is 0 Å². The first kappa shape index (κ1) is 28.7. The van der Waals surface area contributed by atoms with E-state index in [-0.39, 0.29) is 22.4 Å². The Hall–Kier alpha value is -2.82. The smallest absolute Gasteiger partial charge is 0.255 e. The summed E-state index contributed by atoms with van der Waals surface area (Å²) in [5.74, 6) is 2.70. The minimum atomic E-state index is -1.59. The molecule has 0 saturated carbocycles. The third kappa shape index (κ3) is 8.34. The van der Waals surface area contributed by atoms with E-state index in [0.717, 1.165) is 35.4 Å². The number of rotatable bonds is 9. The summed E-state index contributed by atoms with van der Waals surface area (Å²) in [5.41, 5.74) is 1.06. The van der Waals surface area contributed by atoms with Crippen molar-refractivity contribution in [1.82, 2.24) is 4.98 Å². The van der Waals surface area contributed by atoms with E-state index < -0.39 is 23.4 Å². The van der Waals surface area contributed by atoms with Gasteiger partial charge in [0.05, 0.1) is 5.02 Å². The molecule has 2 aromatic carbocycles. The summed E-state index contributed by atoms with van der Waals surface area (Å²) in [5, 5.41) is 3.11. The lowest BCUT2D eigenvalue weighted by atomic mass is 9.87. The number of carbonyl (C=O) groups is 1. The molecule has 0 aliphatic carbocycles. The zero-order valence-electron chi connectivity index (χ0n) is 21.2. The van der Waals surface area contributed by atoms with Crippen molar-refractivity contribution in [2.24, 2.45) is 17.8 Å². The zero-order valence-corrected chi connectivity index (χ0v) is 22.7. The fourth-order valence-corrected chi connectivity index (χ4v) is 5.51. The van der Waals surface area contributed by atoms with Gasteiger partial charge in [0.2, 0.25) is 0 Å². The number of anilines is 1. The van der Waals surface area contributed by atoms with Crippen molar-refractivity contribution in [2.75, 3.05) is 5.32 Å². The van der Waals surface area contributed by atoms with Gasteiger partial charge in [0.15, 0.2) is 17.5 Å². The summed E-state index contributed by atoms with van der Waals surface area (Å²) in [4.78, 5) is 16.5. The molecule has 37 heavy (non-hydrogen) atoms. The maximum absolute atomic E-state index is 13.5. The first-order valence-electron chi connectivity index (χ1n) is 12.1. The van der Waals surface area contributed by atoms with Crippen LogP contribution in [0.15, 0.2) is 53.7 Å². The number of halogens is 4. The molecule has 3 atom stereocenters. The largest absolute Gasteiger partial charge is 0.367 e. The number of benzene rings is 2. The van der Waals surface area contributed by atoms with Crippen LogP contribution in [-0.2, 0) is 0 Å². The number of carbonyl (C=O) groups excluding carboxylic acids is 1. The van der Waals surface area contributed by atoms with Gasteiger partial charge < -0.3 is 10.3 Å². The second kappa shape index (κ2) is 13.1. The average Bonchev–Trinajstić information content (AvgIpc) is 3.35. The maximum Gasteiger partial charge on any atom is 0.255 e. The predicted molar refractivity (Wildman–Crippen MR) is 145 cm³/mol. The van der Waals surface area contributed by atoms with Crippen LogP contribution in [0.5, 0.6) is 0 Å². The molecule has 2 N–H and O–H groups in total. The summed E-state index contributed by atoms with van der Waals surface area (Å²) >= 11 is 8.06. The molecule has 1 aromatic heterocycles. The topological polar surface area (TPSA) is 44.9 Å². The van der Waals surface area contributed by atoms with Crippen molar-refractivity contribution < 1.29 is 18.0 Å². The van der Waals surface area contributed by atoms with Gasteiger partial charge in [-0.1, -0.05) is 51.1 Å². The Labute approximate surface area is 225 Å². The fraction of sp³-hybridized carbons (Fsp3) is 0.345. The monoisotopic (exact) mass is 546 g/mol. The van der Waals surface area contributed by atoms with Crippen LogP contribution < -0.4 is 5.32 Å². The summed E-state index contributed by atoms with van der Waals surface area (Å²) in [6.45, 7) is 8.67. The molecule has 0 aliphatic heterocycles. The van der Waals surface area contributed by atoms with E-state index in [4.69, 9.17) is 11.6 Å². The standard InChI is InChI=1S/C29H30ClF3N2OS/c1-17(2)11-22(12-18(3)5-6-20-9-10-34-16-20)19(4)37-27-13-21(7-8-24(27)30)29(36)35-23-14-25(31)28(33)26(32)15-23/h7-10,13-19,22,34H,11-12H2,1-4H3,(H,35,36). The molecule has 0 aliphatic rings. The Balaban J connectivity index is 1.73. The molecular weight excluding hydrogens is 517 g/mol. The molecule has 0 fully saturated rings. The second-order valence-corrected chi connectivity index (χ2v) is 11.4. The quantitative estimate of drug-likeness (QED) is 0.160. The minimum Gasteiger partial charge on any atom is -0.367 e. The maximum atomic E-state index is 13.5. The first-order valence-corrected chi connectivity index (χ1v) is 13.4. The van der Waals surface area contributed by atoms with Crippen LogP contribution in [0.3, 0.4) is 0 Å². The summed E-state index contributed by atoms with van der Waals surface area (Å²) in [6.07, 6.45) is 5.66. The SMILES string of the molecule is CC(C)CC(CC(C)C#Cc1cc[nH]c1)C(C)Sc1cc(C(=O)Nc2cc(F)c(F)c(F)c2)ccc1Cl. The van der Waals surface area contributed by atoms with E-state index in [9.17, 15) is 18.0 Å². The summed E-state index contributed by atoms with van der Waals surface area (Å²) in [6, 6.07) is 8.24. The molecular formula is C29H30ClF3N2OS. The van der Waals surface area contributed by atoms with Gasteiger partial charge >= 0.3 is 0 Å². The molecule has 8 heteroatoms. The van der Waals surface area contributed by atoms with Crippen molar-refractivity contribution in [3.8, 4) is 11.8 Å². The molecule has 3 aromatic rings. The van der Waals surface area contributed by atoms with Crippen molar-refractivity contribution in [2.45, 2.75) is 50.7 Å². The Morgan fingerprint density at radius 2 is 1.76 bits per heavy atom. The van der Waals surface area contributed by atoms with Crippen LogP contribution in [0.25, 0.3) is 0 Å². The summed E-state index contributed by atoms with van der Waals surface area (Å²) in [7, 11) is 0. The van der Waals surface area contributed by atoms with Gasteiger partial charge in [0.25, 0.3) is 5.91 Å². The van der Waals surface area contributed by atoms with Crippen LogP contribution in [0.4, 0.5) is 18.9 Å². The van der Waals surface area contributed by atoms with E-state index in [1.54, 1.807) is 23.9 Å². The normalized spacial score (nSPS) is 13.5. The average molecular weight is 547 g/mol. The third-order valence-electron chi connectivity index (χ3n) is 5.90. The Bertz CT molecular complexity index is 1260. The fourth-order valence-electron chi connectivity index (χ4n) is 4.07. The molecule has 0 spiro atoms. The van der Waals surface area contributed by atoms with Crippen LogP contribution in [0, 0.1) is 47.0 Å². The van der Waals surface area contributed by atoms with Gasteiger partial charge in [-0.15, -0.1) is 11.8 Å². The Morgan fingerprint density at radius 1 is 1.05 bits per heavy atom. The molecule has 1 amide bonds. The van der Waals surface area contributed by atoms with E-state index in [0.29, 0.717) is 16.9 Å². The van der Waals surface area contributed by atoms with Gasteiger partial charge in [0, 0.05) is 57.4 Å². The number of hydrogen-bond donors (Lipinski definition) is 2. The number of aromatic amines is 1. The van der Waals surface area contributed by atoms with Gasteiger partial charge in [-0.2, -0.15) is 0 Å². The highest BCUT2D eigenvalue weighted by Gasteiger charge is 2.23. The highest BCUT2D eigenvalue weighted by atomic mass is 35.5. The molecule has 0 bridgehead atoms. The molecule has 1 heterocycles. The molecule has 3 unspecified atom stereocenters. The minimum absolute atomic E-state index is 0.175. The van der Waals surface area contributed by atoms with Crippen LogP contribution in [0.1, 0.15) is 56.5 Å². The van der Waals surface area contributed by atoms with Gasteiger partial charge in [-0.3, -0.25) is 4.79 Å². The van der Waals surface area contributed by atoms with Crippen LogP contribution in [0.2, 0.25) is 5.02 Å². The van der Waals surface area contributed by atoms with Crippen LogP contribution in [-0.4, -0.2) is 16.1 Å². The molecule has 3 nitrogen and oxygen atoms in total. The van der Waals surface area contributed by atoms with E-state index in [2.05, 4.69) is 49.8 Å². The lowest BCUT2D eigenvalue weighted by Crippen LogP contribution is -2.19. The zero-order chi connectivity index (χ0) is 27.1. The Kier molecular flexibility index (Phi) is 10.2. The predicted octanol–water partition coefficient (Wildman–Crippen LogP) is 8.56. The number of amides is 1. The molecule has 3 rings (SSSR count). The van der Waals surface area contributed by atoms with Crippen molar-refractivity contribution >= 4 is 35.0 Å². The third-order valence-corrected chi connectivity index (χ3v) is 7.69. The van der Waals surface area contributed by atoms with Crippen molar-refractivity contribution in [3.05, 3.63) is 82.4 Å². The second-order valence-electron chi connectivity index (χ2n) is 9.57. The van der Waals surface area contributed by atoms with Crippen molar-refractivity contribution in [1.29, 1.82) is 0 Å². The van der Waals surface area contributed by atoms with E-state index >= 15 is 0 Å². The number of hydrogen-bond acceptors (Lipinski definition) is 2. The number of thioether (sulfide) groups is 1. The van der Waals surface area contributed by atoms with Gasteiger partial charge in [-0.05, 0) is 48.9 Å². The lowest BCUT2D eigenvalue weighted by molar-refractivity contribution is 0.102. The van der Waals surface area contributed by atoms with E-state index in [1.165, 1.54) is 6.07 Å². The molecule has 0 saturated heterocycles. The van der Waals surface area contributed by atoms with Crippen LogP contribution >= 0.6 is 23.4 Å². The highest BCUT2D eigenvalue weighted by Crippen LogP contribution is 2.38. The van der Waals surface area contributed by atoms with Gasteiger partial charge in [0.1, 0.15) is 0 Å². The van der Waals surface area contributed by atoms with Gasteiger partial charge in [-0.25, -0.2) is 13.2 Å². The number of nitrogens with one attached hydrogen (secondary N) is 2. The molecule has 196 valence electrons. The Morgan fingerprint density at radius 3 is 2.38 bits per heavy atom. The summed E-state index contributed by atoms with van der Waals surface area (Å²) < 4.78 is 40.3. The highest BCUT2D eigenvalue weighted by molar-refractivity contribution is 8.00. The number of aromatic nitrogens is 1. The first-order chi connectivity index (χ1) is 17.5. The number of H-pyrrole nitrogens is 1. The van der Waals surface area contributed by atoms with E-state index in [1.807, 2.05) is 18.5 Å².